The summed E-state index contributed by atoms with van der Waals surface area (Å²) in [5.74, 6) is -1.21. The van der Waals surface area contributed by atoms with Gasteiger partial charge >= 0.3 is 11.9 Å². The zero-order valence-corrected chi connectivity index (χ0v) is 16.4. The zero-order chi connectivity index (χ0) is 20.8. The van der Waals surface area contributed by atoms with Crippen molar-refractivity contribution in [3.8, 4) is 0 Å². The monoisotopic (exact) mass is 413 g/mol. The first kappa shape index (κ1) is 20.7. The molecule has 1 fully saturated rings. The largest absolute Gasteiger partial charge is 0.452 e. The van der Waals surface area contributed by atoms with E-state index >= 15 is 0 Å². The van der Waals surface area contributed by atoms with Crippen molar-refractivity contribution >= 4 is 24.6 Å². The predicted octanol–water partition coefficient (Wildman–Crippen LogP) is 3.79. The number of rotatable bonds is 6. The summed E-state index contributed by atoms with van der Waals surface area (Å²) in [4.78, 5) is 27.9. The average Bonchev–Trinajstić information content (AvgIpc) is 3.05. The summed E-state index contributed by atoms with van der Waals surface area (Å²) in [5, 5.41) is 3.63. The first-order chi connectivity index (χ1) is 14.0. The maximum atomic E-state index is 12.6. The number of hydrogen-bond acceptors (Lipinski definition) is 7. The van der Waals surface area contributed by atoms with Crippen molar-refractivity contribution in [1.29, 1.82) is 0 Å². The molecule has 2 aromatic rings. The maximum absolute atomic E-state index is 12.6. The number of nitrogens with zero attached hydrogens (tertiary/aromatic N) is 3. The van der Waals surface area contributed by atoms with Crippen LogP contribution in [-0.4, -0.2) is 41.7 Å². The van der Waals surface area contributed by atoms with Crippen molar-refractivity contribution in [3.63, 3.8) is 0 Å². The second kappa shape index (κ2) is 9.47. The standard InChI is InChI=1S/C20H19N3O5S/c1-12(22-23-21)15-16(26-18(24)13-8-4-2-5-9-13)17(20(29)28-15)27-19(25)14-10-6-3-7-11-14/h2-12,15-17,20,29H,1H3/t12-,15-,16?,17+,20+/m1/s1. The molecule has 5 atom stereocenters. The number of hydrogen-bond donors (Lipinski definition) is 1. The summed E-state index contributed by atoms with van der Waals surface area (Å²) in [6.45, 7) is 1.62. The van der Waals surface area contributed by atoms with Gasteiger partial charge in [0.15, 0.2) is 12.2 Å². The fourth-order valence-electron chi connectivity index (χ4n) is 2.99. The normalized spacial score (nSPS) is 24.2. The lowest BCUT2D eigenvalue weighted by Gasteiger charge is -2.25. The van der Waals surface area contributed by atoms with Crippen LogP contribution in [0.4, 0.5) is 0 Å². The molecule has 0 amide bonds. The van der Waals surface area contributed by atoms with E-state index in [9.17, 15) is 9.59 Å². The van der Waals surface area contributed by atoms with Gasteiger partial charge in [0.1, 0.15) is 11.5 Å². The summed E-state index contributed by atoms with van der Waals surface area (Å²) in [6, 6.07) is 16.1. The van der Waals surface area contributed by atoms with Crippen LogP contribution in [0.1, 0.15) is 27.6 Å². The lowest BCUT2D eigenvalue weighted by Crippen LogP contribution is -2.42. The number of thiol groups is 1. The second-order valence-corrected chi connectivity index (χ2v) is 6.92. The van der Waals surface area contributed by atoms with Crippen LogP contribution in [0.2, 0.25) is 0 Å². The molecule has 29 heavy (non-hydrogen) atoms. The van der Waals surface area contributed by atoms with Crippen molar-refractivity contribution in [2.24, 2.45) is 5.11 Å². The van der Waals surface area contributed by atoms with Crippen LogP contribution in [0.5, 0.6) is 0 Å². The van der Waals surface area contributed by atoms with Gasteiger partial charge in [-0.15, -0.1) is 12.6 Å². The van der Waals surface area contributed by atoms with Crippen LogP contribution >= 0.6 is 12.6 Å². The Morgan fingerprint density at radius 3 is 1.97 bits per heavy atom. The van der Waals surface area contributed by atoms with Crippen LogP contribution in [0.15, 0.2) is 65.8 Å². The number of esters is 2. The molecule has 0 spiro atoms. The third kappa shape index (κ3) is 4.89. The highest BCUT2D eigenvalue weighted by atomic mass is 32.1. The summed E-state index contributed by atoms with van der Waals surface area (Å²) < 4.78 is 16.9. The number of azide groups is 1. The van der Waals surface area contributed by atoms with E-state index in [0.717, 1.165) is 0 Å². The zero-order valence-electron chi connectivity index (χ0n) is 15.5. The Labute approximate surface area is 172 Å². The average molecular weight is 413 g/mol. The predicted molar refractivity (Wildman–Crippen MR) is 108 cm³/mol. The van der Waals surface area contributed by atoms with Crippen LogP contribution in [0.3, 0.4) is 0 Å². The molecule has 0 radical (unpaired) electrons. The molecule has 0 saturated carbocycles. The molecule has 0 aliphatic carbocycles. The van der Waals surface area contributed by atoms with Gasteiger partial charge in [-0.25, -0.2) is 9.59 Å². The van der Waals surface area contributed by atoms with Gasteiger partial charge in [-0.2, -0.15) is 0 Å². The SMILES string of the molecule is C[C@@H](N=[N+]=[N-])[C@H]1O[C@@H](S)[C@@H](OC(=O)c2ccccc2)C1OC(=O)c1ccccc1. The van der Waals surface area contributed by atoms with E-state index in [1.165, 1.54) is 0 Å². The van der Waals surface area contributed by atoms with Gasteiger partial charge in [0.25, 0.3) is 0 Å². The lowest BCUT2D eigenvalue weighted by molar-refractivity contribution is -0.0321. The van der Waals surface area contributed by atoms with Crippen LogP contribution in [0, 0.1) is 0 Å². The molecule has 0 bridgehead atoms. The van der Waals surface area contributed by atoms with E-state index < -0.39 is 41.7 Å². The molecule has 1 heterocycles. The third-order valence-electron chi connectivity index (χ3n) is 4.44. The molecular weight excluding hydrogens is 394 g/mol. The molecule has 2 aromatic carbocycles. The van der Waals surface area contributed by atoms with Gasteiger partial charge in [-0.1, -0.05) is 48.4 Å². The summed E-state index contributed by atoms with van der Waals surface area (Å²) in [6.07, 6.45) is -2.81. The van der Waals surface area contributed by atoms with Crippen molar-refractivity contribution in [1.82, 2.24) is 0 Å². The number of carbonyl (C=O) groups is 2. The Morgan fingerprint density at radius 2 is 1.48 bits per heavy atom. The Hall–Kier alpha value is -3.00. The molecule has 1 aliphatic rings. The van der Waals surface area contributed by atoms with Gasteiger partial charge in [-0.3, -0.25) is 0 Å². The van der Waals surface area contributed by atoms with Gasteiger partial charge in [0, 0.05) is 4.91 Å². The molecule has 0 aromatic heterocycles. The molecule has 1 unspecified atom stereocenters. The van der Waals surface area contributed by atoms with Crippen molar-refractivity contribution < 1.29 is 23.8 Å². The van der Waals surface area contributed by atoms with Crippen LogP contribution in [0.25, 0.3) is 10.4 Å². The minimum atomic E-state index is -1.00. The van der Waals surface area contributed by atoms with Gasteiger partial charge in [0.2, 0.25) is 0 Å². The molecule has 9 heteroatoms. The number of carbonyl (C=O) groups excluding carboxylic acids is 2. The number of benzene rings is 2. The first-order valence-electron chi connectivity index (χ1n) is 8.91. The fourth-order valence-corrected chi connectivity index (χ4v) is 3.36. The van der Waals surface area contributed by atoms with Crippen LogP contribution < -0.4 is 0 Å². The highest BCUT2D eigenvalue weighted by Gasteiger charge is 2.50. The minimum absolute atomic E-state index is 0.332. The van der Waals surface area contributed by atoms with E-state index in [1.807, 2.05) is 0 Å². The second-order valence-electron chi connectivity index (χ2n) is 6.41. The fraction of sp³-hybridized carbons (Fsp3) is 0.300. The Morgan fingerprint density at radius 1 is 1.00 bits per heavy atom. The minimum Gasteiger partial charge on any atom is -0.452 e. The molecule has 3 rings (SSSR count). The first-order valence-corrected chi connectivity index (χ1v) is 9.42. The molecular formula is C20H19N3O5S. The van der Waals surface area contributed by atoms with Crippen LogP contribution in [-0.2, 0) is 14.2 Å². The van der Waals surface area contributed by atoms with Gasteiger partial charge < -0.3 is 14.2 Å². The Kier molecular flexibility index (Phi) is 6.77. The topological polar surface area (TPSA) is 111 Å². The van der Waals surface area contributed by atoms with E-state index in [1.54, 1.807) is 67.6 Å². The van der Waals surface area contributed by atoms with E-state index in [4.69, 9.17) is 19.7 Å². The smallest absolute Gasteiger partial charge is 0.338 e. The third-order valence-corrected chi connectivity index (χ3v) is 4.86. The summed E-state index contributed by atoms with van der Waals surface area (Å²) in [5.41, 5.74) is 8.57. The number of ether oxygens (including phenoxy) is 3. The molecule has 0 N–H and O–H groups in total. The Bertz CT molecular complexity index is 905. The van der Waals surface area contributed by atoms with E-state index in [2.05, 4.69) is 22.7 Å². The maximum Gasteiger partial charge on any atom is 0.338 e. The van der Waals surface area contributed by atoms with Crippen molar-refractivity contribution in [3.05, 3.63) is 82.2 Å². The quantitative estimate of drug-likeness (QED) is 0.255. The molecule has 1 saturated heterocycles. The lowest BCUT2D eigenvalue weighted by atomic mass is 10.1. The van der Waals surface area contributed by atoms with Crippen molar-refractivity contribution in [2.75, 3.05) is 0 Å². The summed E-state index contributed by atoms with van der Waals surface area (Å²) in [7, 11) is 0. The van der Waals surface area contributed by atoms with E-state index in [0.29, 0.717) is 11.1 Å². The highest BCUT2D eigenvalue weighted by molar-refractivity contribution is 7.80. The summed E-state index contributed by atoms with van der Waals surface area (Å²) >= 11 is 4.34. The molecule has 1 aliphatic heterocycles. The Balaban J connectivity index is 1.84. The molecule has 8 nitrogen and oxygen atoms in total. The van der Waals surface area contributed by atoms with Gasteiger partial charge in [0.05, 0.1) is 17.2 Å². The molecule has 150 valence electrons. The van der Waals surface area contributed by atoms with Crippen molar-refractivity contribution in [2.45, 2.75) is 36.7 Å². The van der Waals surface area contributed by atoms with Gasteiger partial charge in [-0.05, 0) is 29.8 Å². The van der Waals surface area contributed by atoms with E-state index in [-0.39, 0.29) is 0 Å². The highest BCUT2D eigenvalue weighted by Crippen LogP contribution is 2.33.